The molecule has 0 saturated heterocycles. The van der Waals surface area contributed by atoms with E-state index in [0.717, 1.165) is 38.8 Å². The van der Waals surface area contributed by atoms with Crippen molar-refractivity contribution in [3.63, 3.8) is 0 Å². The first-order valence-corrected chi connectivity index (χ1v) is 7.69. The molecule has 1 rings (SSSR count). The van der Waals surface area contributed by atoms with Gasteiger partial charge in [-0.3, -0.25) is 4.79 Å². The third-order valence-corrected chi connectivity index (χ3v) is 4.74. The maximum absolute atomic E-state index is 12.1. The van der Waals surface area contributed by atoms with Crippen LogP contribution in [0.25, 0.3) is 0 Å². The maximum Gasteiger partial charge on any atom is 0.223 e. The Hall–Kier alpha value is -0.610. The highest BCUT2D eigenvalue weighted by molar-refractivity contribution is 5.78. The largest absolute Gasteiger partial charge is 0.355 e. The number of hydrogen-bond donors (Lipinski definition) is 2. The molecule has 0 aliphatic heterocycles. The SMILES string of the molecule is CCC(C)N(C)CCNC(=O)C1CCC(C)C(N)C1. The molecule has 4 atom stereocenters. The van der Waals surface area contributed by atoms with E-state index in [1.807, 2.05) is 0 Å². The smallest absolute Gasteiger partial charge is 0.223 e. The minimum absolute atomic E-state index is 0.125. The number of nitrogens with one attached hydrogen (secondary N) is 1. The molecule has 1 aliphatic rings. The summed E-state index contributed by atoms with van der Waals surface area (Å²) in [6, 6.07) is 0.758. The molecule has 4 nitrogen and oxygen atoms in total. The van der Waals surface area contributed by atoms with Crippen molar-refractivity contribution in [1.29, 1.82) is 0 Å². The fourth-order valence-corrected chi connectivity index (χ4v) is 2.63. The van der Waals surface area contributed by atoms with Gasteiger partial charge in [0.2, 0.25) is 5.91 Å². The predicted molar refractivity (Wildman–Crippen MR) is 79.9 cm³/mol. The number of hydrogen-bond acceptors (Lipinski definition) is 3. The predicted octanol–water partition coefficient (Wildman–Crippen LogP) is 1.60. The second kappa shape index (κ2) is 7.85. The molecule has 1 amide bonds. The molecule has 0 spiro atoms. The summed E-state index contributed by atoms with van der Waals surface area (Å²) >= 11 is 0. The van der Waals surface area contributed by atoms with E-state index in [9.17, 15) is 4.79 Å². The van der Waals surface area contributed by atoms with Gasteiger partial charge < -0.3 is 16.0 Å². The van der Waals surface area contributed by atoms with E-state index in [1.54, 1.807) is 0 Å². The van der Waals surface area contributed by atoms with Gasteiger partial charge in [0.1, 0.15) is 0 Å². The Balaban J connectivity index is 2.24. The van der Waals surface area contributed by atoms with Crippen LogP contribution in [0.2, 0.25) is 0 Å². The van der Waals surface area contributed by atoms with Crippen molar-refractivity contribution in [1.82, 2.24) is 10.2 Å². The van der Waals surface area contributed by atoms with E-state index in [0.29, 0.717) is 12.0 Å². The van der Waals surface area contributed by atoms with Crippen molar-refractivity contribution < 1.29 is 4.79 Å². The Kier molecular flexibility index (Phi) is 6.80. The van der Waals surface area contributed by atoms with Gasteiger partial charge in [-0.15, -0.1) is 0 Å². The van der Waals surface area contributed by atoms with E-state index >= 15 is 0 Å². The van der Waals surface area contributed by atoms with E-state index in [4.69, 9.17) is 5.73 Å². The van der Waals surface area contributed by atoms with Gasteiger partial charge in [0.15, 0.2) is 0 Å². The Morgan fingerprint density at radius 3 is 2.74 bits per heavy atom. The summed E-state index contributed by atoms with van der Waals surface area (Å²) in [6.07, 6.45) is 4.04. The topological polar surface area (TPSA) is 58.4 Å². The summed E-state index contributed by atoms with van der Waals surface area (Å²) in [5, 5.41) is 3.06. The highest BCUT2D eigenvalue weighted by Gasteiger charge is 2.29. The fraction of sp³-hybridized carbons (Fsp3) is 0.933. The third-order valence-electron chi connectivity index (χ3n) is 4.74. The molecule has 19 heavy (non-hydrogen) atoms. The Labute approximate surface area is 118 Å². The number of carbonyl (C=O) groups is 1. The molecular weight excluding hydrogens is 238 g/mol. The molecule has 0 aromatic rings. The van der Waals surface area contributed by atoms with Crippen molar-refractivity contribution in [2.45, 2.75) is 58.5 Å². The number of nitrogens with two attached hydrogens (primary N) is 1. The van der Waals surface area contributed by atoms with Crippen LogP contribution in [-0.2, 0) is 4.79 Å². The molecule has 0 heterocycles. The molecule has 1 aliphatic carbocycles. The summed E-state index contributed by atoms with van der Waals surface area (Å²) in [6.45, 7) is 8.23. The third kappa shape index (κ3) is 5.11. The van der Waals surface area contributed by atoms with E-state index in [2.05, 4.69) is 38.0 Å². The van der Waals surface area contributed by atoms with Gasteiger partial charge in [0, 0.05) is 31.1 Å². The van der Waals surface area contributed by atoms with Crippen LogP contribution in [0.3, 0.4) is 0 Å². The molecule has 0 aromatic heterocycles. The van der Waals surface area contributed by atoms with Gasteiger partial charge in [-0.2, -0.15) is 0 Å². The van der Waals surface area contributed by atoms with Crippen LogP contribution >= 0.6 is 0 Å². The molecule has 0 radical (unpaired) electrons. The summed E-state index contributed by atoms with van der Waals surface area (Å²) in [4.78, 5) is 14.4. The standard InChI is InChI=1S/C15H31N3O/c1-5-12(3)18(4)9-8-17-15(19)13-7-6-11(2)14(16)10-13/h11-14H,5-10,16H2,1-4H3,(H,17,19). The van der Waals surface area contributed by atoms with Crippen molar-refractivity contribution in [3.05, 3.63) is 0 Å². The lowest BCUT2D eigenvalue weighted by atomic mass is 9.79. The van der Waals surface area contributed by atoms with Gasteiger partial charge >= 0.3 is 0 Å². The van der Waals surface area contributed by atoms with E-state index < -0.39 is 0 Å². The molecule has 4 heteroatoms. The quantitative estimate of drug-likeness (QED) is 0.770. The zero-order valence-electron chi connectivity index (χ0n) is 13.0. The molecular formula is C15H31N3O. The van der Waals surface area contributed by atoms with Crippen molar-refractivity contribution in [2.75, 3.05) is 20.1 Å². The molecule has 1 fully saturated rings. The van der Waals surface area contributed by atoms with Gasteiger partial charge in [0.05, 0.1) is 0 Å². The summed E-state index contributed by atoms with van der Waals surface area (Å²) in [7, 11) is 2.11. The second-order valence-corrected chi connectivity index (χ2v) is 6.18. The van der Waals surface area contributed by atoms with Crippen molar-refractivity contribution in [2.24, 2.45) is 17.6 Å². The first-order valence-electron chi connectivity index (χ1n) is 7.69. The second-order valence-electron chi connectivity index (χ2n) is 6.18. The average molecular weight is 269 g/mol. The van der Waals surface area contributed by atoms with Crippen LogP contribution in [0.15, 0.2) is 0 Å². The minimum atomic E-state index is 0.125. The number of carbonyl (C=O) groups excluding carboxylic acids is 1. The van der Waals surface area contributed by atoms with Crippen LogP contribution in [0.5, 0.6) is 0 Å². The zero-order chi connectivity index (χ0) is 14.4. The van der Waals surface area contributed by atoms with Crippen molar-refractivity contribution in [3.8, 4) is 0 Å². The van der Waals surface area contributed by atoms with Gasteiger partial charge in [-0.05, 0) is 45.6 Å². The highest BCUT2D eigenvalue weighted by atomic mass is 16.1. The van der Waals surface area contributed by atoms with Crippen LogP contribution in [0, 0.1) is 11.8 Å². The van der Waals surface area contributed by atoms with Crippen LogP contribution < -0.4 is 11.1 Å². The molecule has 3 N–H and O–H groups in total. The summed E-state index contributed by atoms with van der Waals surface area (Å²) in [5.74, 6) is 0.876. The monoisotopic (exact) mass is 269 g/mol. The Morgan fingerprint density at radius 1 is 1.47 bits per heavy atom. The number of rotatable bonds is 6. The minimum Gasteiger partial charge on any atom is -0.355 e. The first kappa shape index (κ1) is 16.4. The number of amides is 1. The molecule has 4 unspecified atom stereocenters. The lowest BCUT2D eigenvalue weighted by Crippen LogP contribution is -2.43. The van der Waals surface area contributed by atoms with Gasteiger partial charge in [-0.25, -0.2) is 0 Å². The fourth-order valence-electron chi connectivity index (χ4n) is 2.63. The first-order chi connectivity index (χ1) is 8.95. The van der Waals surface area contributed by atoms with Crippen LogP contribution in [-0.4, -0.2) is 43.0 Å². The molecule has 0 aromatic carbocycles. The normalized spacial score (nSPS) is 29.3. The highest BCUT2D eigenvalue weighted by Crippen LogP contribution is 2.27. The lowest BCUT2D eigenvalue weighted by molar-refractivity contribution is -0.126. The summed E-state index contributed by atoms with van der Waals surface area (Å²) < 4.78 is 0. The van der Waals surface area contributed by atoms with E-state index in [1.165, 1.54) is 0 Å². The maximum atomic E-state index is 12.1. The van der Waals surface area contributed by atoms with Crippen molar-refractivity contribution >= 4 is 5.91 Å². The molecule has 112 valence electrons. The number of likely N-dealkylation sites (N-methyl/N-ethyl adjacent to an activating group) is 1. The average Bonchev–Trinajstić information content (AvgIpc) is 2.40. The van der Waals surface area contributed by atoms with E-state index in [-0.39, 0.29) is 17.9 Å². The van der Waals surface area contributed by atoms with Crippen LogP contribution in [0.4, 0.5) is 0 Å². The zero-order valence-corrected chi connectivity index (χ0v) is 13.0. The Bertz CT molecular complexity index is 283. The molecule has 1 saturated carbocycles. The number of nitrogens with zero attached hydrogens (tertiary/aromatic N) is 1. The van der Waals surface area contributed by atoms with Crippen LogP contribution in [0.1, 0.15) is 46.5 Å². The molecule has 0 bridgehead atoms. The lowest BCUT2D eigenvalue weighted by Gasteiger charge is -2.31. The van der Waals surface area contributed by atoms with Gasteiger partial charge in [0.25, 0.3) is 0 Å². The van der Waals surface area contributed by atoms with Gasteiger partial charge in [-0.1, -0.05) is 13.8 Å². The Morgan fingerprint density at radius 2 is 2.16 bits per heavy atom. The summed E-state index contributed by atoms with van der Waals surface area (Å²) in [5.41, 5.74) is 6.05.